The molecule has 24 heavy (non-hydrogen) atoms. The van der Waals surface area contributed by atoms with Gasteiger partial charge in [0.15, 0.2) is 0 Å². The summed E-state index contributed by atoms with van der Waals surface area (Å²) < 4.78 is 65.6. The van der Waals surface area contributed by atoms with Crippen LogP contribution >= 0.6 is 0 Å². The van der Waals surface area contributed by atoms with Crippen molar-refractivity contribution in [2.45, 2.75) is 23.9 Å². The summed E-state index contributed by atoms with van der Waals surface area (Å²) in [6.07, 6.45) is -4.10. The van der Waals surface area contributed by atoms with E-state index in [9.17, 15) is 31.7 Å². The Bertz CT molecular complexity index is 728. The van der Waals surface area contributed by atoms with Crippen molar-refractivity contribution in [1.29, 1.82) is 0 Å². The van der Waals surface area contributed by atoms with Gasteiger partial charge in [0.25, 0.3) is 5.69 Å². The first-order valence-corrected chi connectivity index (χ1v) is 8.57. The highest BCUT2D eigenvalue weighted by Gasteiger charge is 2.41. The SMILES string of the molecule is NCC1CCN(S(=O)(=O)c2ccc([N+](=O)[O-])cc2C(F)(F)F)CC1. The number of piperidine rings is 1. The lowest BCUT2D eigenvalue weighted by molar-refractivity contribution is -0.385. The summed E-state index contributed by atoms with van der Waals surface area (Å²) in [6.45, 7) is 0.524. The minimum atomic E-state index is -5.02. The Morgan fingerprint density at radius 1 is 1.29 bits per heavy atom. The molecule has 1 aromatic rings. The van der Waals surface area contributed by atoms with Crippen molar-refractivity contribution >= 4 is 15.7 Å². The Kier molecular flexibility index (Phi) is 5.16. The number of rotatable bonds is 4. The first kappa shape index (κ1) is 18.6. The van der Waals surface area contributed by atoms with Crippen LogP contribution < -0.4 is 5.73 Å². The summed E-state index contributed by atoms with van der Waals surface area (Å²) in [6, 6.07) is 1.65. The van der Waals surface area contributed by atoms with Crippen molar-refractivity contribution in [3.05, 3.63) is 33.9 Å². The molecule has 11 heteroatoms. The first-order chi connectivity index (χ1) is 11.1. The Balaban J connectivity index is 2.45. The van der Waals surface area contributed by atoms with E-state index < -0.39 is 37.3 Å². The normalized spacial score (nSPS) is 17.8. The molecule has 2 rings (SSSR count). The quantitative estimate of drug-likeness (QED) is 0.647. The van der Waals surface area contributed by atoms with Gasteiger partial charge in [-0.25, -0.2) is 8.42 Å². The number of nitro groups is 1. The van der Waals surface area contributed by atoms with Crippen LogP contribution in [0.1, 0.15) is 18.4 Å². The number of halogens is 3. The summed E-state index contributed by atoms with van der Waals surface area (Å²) in [7, 11) is -4.40. The molecule has 1 aromatic carbocycles. The maximum Gasteiger partial charge on any atom is 0.417 e. The third-order valence-corrected chi connectivity index (χ3v) is 5.96. The van der Waals surface area contributed by atoms with E-state index in [1.165, 1.54) is 0 Å². The topological polar surface area (TPSA) is 107 Å². The van der Waals surface area contributed by atoms with E-state index in [0.29, 0.717) is 25.5 Å². The predicted molar refractivity (Wildman–Crippen MR) is 78.6 cm³/mol. The average molecular weight is 367 g/mol. The van der Waals surface area contributed by atoms with Crippen LogP contribution in [-0.4, -0.2) is 37.3 Å². The summed E-state index contributed by atoms with van der Waals surface area (Å²) in [5.74, 6) is 0.135. The van der Waals surface area contributed by atoms with E-state index in [-0.39, 0.29) is 25.1 Å². The number of hydrogen-bond acceptors (Lipinski definition) is 5. The first-order valence-electron chi connectivity index (χ1n) is 7.13. The van der Waals surface area contributed by atoms with Gasteiger partial charge >= 0.3 is 6.18 Å². The maximum absolute atomic E-state index is 13.2. The number of alkyl halides is 3. The van der Waals surface area contributed by atoms with Gasteiger partial charge in [-0.15, -0.1) is 0 Å². The van der Waals surface area contributed by atoms with Crippen molar-refractivity contribution in [1.82, 2.24) is 4.31 Å². The van der Waals surface area contributed by atoms with Crippen molar-refractivity contribution in [2.75, 3.05) is 19.6 Å². The van der Waals surface area contributed by atoms with Crippen LogP contribution in [0.15, 0.2) is 23.1 Å². The van der Waals surface area contributed by atoms with Gasteiger partial charge in [0, 0.05) is 25.2 Å². The number of nitrogens with two attached hydrogens (primary N) is 1. The Hall–Kier alpha value is -1.72. The zero-order valence-corrected chi connectivity index (χ0v) is 13.3. The fourth-order valence-corrected chi connectivity index (χ4v) is 4.26. The highest BCUT2D eigenvalue weighted by atomic mass is 32.2. The lowest BCUT2D eigenvalue weighted by atomic mass is 9.99. The van der Waals surface area contributed by atoms with Gasteiger partial charge < -0.3 is 5.73 Å². The van der Waals surface area contributed by atoms with Crippen LogP contribution in [0.25, 0.3) is 0 Å². The minimum Gasteiger partial charge on any atom is -0.330 e. The molecule has 7 nitrogen and oxygen atoms in total. The zero-order chi connectivity index (χ0) is 18.1. The molecular weight excluding hydrogens is 351 g/mol. The maximum atomic E-state index is 13.2. The van der Waals surface area contributed by atoms with Crippen LogP contribution in [0.5, 0.6) is 0 Å². The van der Waals surface area contributed by atoms with E-state index in [2.05, 4.69) is 0 Å². The number of hydrogen-bond donors (Lipinski definition) is 1. The Morgan fingerprint density at radius 2 is 1.88 bits per heavy atom. The van der Waals surface area contributed by atoms with E-state index >= 15 is 0 Å². The lowest BCUT2D eigenvalue weighted by Crippen LogP contribution is -2.40. The number of sulfonamides is 1. The summed E-state index contributed by atoms with van der Waals surface area (Å²) in [4.78, 5) is 8.71. The molecule has 0 radical (unpaired) electrons. The molecule has 134 valence electrons. The van der Waals surface area contributed by atoms with E-state index in [1.807, 2.05) is 0 Å². The number of nitro benzene ring substituents is 1. The van der Waals surface area contributed by atoms with Crippen molar-refractivity contribution in [3.63, 3.8) is 0 Å². The van der Waals surface area contributed by atoms with Crippen LogP contribution in [-0.2, 0) is 16.2 Å². The van der Waals surface area contributed by atoms with E-state index in [4.69, 9.17) is 5.73 Å². The number of nitrogens with zero attached hydrogens (tertiary/aromatic N) is 2. The molecule has 1 aliphatic heterocycles. The molecule has 1 saturated heterocycles. The second-order valence-electron chi connectivity index (χ2n) is 5.52. The summed E-state index contributed by atoms with van der Waals surface area (Å²) in [5.41, 5.74) is 3.17. The molecule has 0 atom stereocenters. The van der Waals surface area contributed by atoms with E-state index in [0.717, 1.165) is 10.4 Å². The molecule has 1 fully saturated rings. The molecular formula is C13H16F3N3O4S. The van der Waals surface area contributed by atoms with E-state index in [1.54, 1.807) is 0 Å². The van der Waals surface area contributed by atoms with Crippen LogP contribution in [0.4, 0.5) is 18.9 Å². The minimum absolute atomic E-state index is 0.0679. The highest BCUT2D eigenvalue weighted by Crippen LogP contribution is 2.38. The number of non-ortho nitro benzene ring substituents is 1. The molecule has 1 aliphatic rings. The van der Waals surface area contributed by atoms with Gasteiger partial charge in [-0.3, -0.25) is 10.1 Å². The lowest BCUT2D eigenvalue weighted by Gasteiger charge is -2.31. The molecule has 2 N–H and O–H groups in total. The van der Waals surface area contributed by atoms with Gasteiger partial charge in [0.1, 0.15) is 0 Å². The fraction of sp³-hybridized carbons (Fsp3) is 0.538. The average Bonchev–Trinajstić information content (AvgIpc) is 2.53. The Morgan fingerprint density at radius 3 is 2.33 bits per heavy atom. The third-order valence-electron chi connectivity index (χ3n) is 4.00. The van der Waals surface area contributed by atoms with Gasteiger partial charge in [0.2, 0.25) is 10.0 Å². The molecule has 0 aromatic heterocycles. The number of benzene rings is 1. The molecule has 0 spiro atoms. The summed E-state index contributed by atoms with van der Waals surface area (Å²) in [5, 5.41) is 10.7. The van der Waals surface area contributed by atoms with Gasteiger partial charge in [-0.1, -0.05) is 0 Å². The van der Waals surface area contributed by atoms with Crippen molar-refractivity contribution < 1.29 is 26.5 Å². The largest absolute Gasteiger partial charge is 0.417 e. The van der Waals surface area contributed by atoms with Crippen LogP contribution in [0.3, 0.4) is 0 Å². The molecule has 0 unspecified atom stereocenters. The standard InChI is InChI=1S/C13H16F3N3O4S/c14-13(15,16)11-7-10(19(20)21)1-2-12(11)24(22,23)18-5-3-9(8-17)4-6-18/h1-2,7,9H,3-6,8,17H2. The zero-order valence-electron chi connectivity index (χ0n) is 12.5. The van der Waals surface area contributed by atoms with Crippen molar-refractivity contribution in [3.8, 4) is 0 Å². The van der Waals surface area contributed by atoms with Crippen molar-refractivity contribution in [2.24, 2.45) is 11.7 Å². The molecule has 1 heterocycles. The monoisotopic (exact) mass is 367 g/mol. The Labute approximate surface area is 136 Å². The second kappa shape index (κ2) is 6.65. The smallest absolute Gasteiger partial charge is 0.330 e. The fourth-order valence-electron chi connectivity index (χ4n) is 2.60. The van der Waals surface area contributed by atoms with Crippen LogP contribution in [0, 0.1) is 16.0 Å². The summed E-state index contributed by atoms with van der Waals surface area (Å²) >= 11 is 0. The van der Waals surface area contributed by atoms with Gasteiger partial charge in [-0.2, -0.15) is 17.5 Å². The molecule has 0 saturated carbocycles. The molecule has 0 amide bonds. The van der Waals surface area contributed by atoms with Gasteiger partial charge in [0.05, 0.1) is 15.4 Å². The highest BCUT2D eigenvalue weighted by molar-refractivity contribution is 7.89. The molecule has 0 aliphatic carbocycles. The third kappa shape index (κ3) is 3.68. The van der Waals surface area contributed by atoms with Gasteiger partial charge in [-0.05, 0) is 31.4 Å². The van der Waals surface area contributed by atoms with Crippen LogP contribution in [0.2, 0.25) is 0 Å². The molecule has 0 bridgehead atoms. The predicted octanol–water partition coefficient (Wildman–Crippen LogP) is 1.97. The second-order valence-corrected chi connectivity index (χ2v) is 7.42.